The van der Waals surface area contributed by atoms with E-state index in [4.69, 9.17) is 9.47 Å². The first-order chi connectivity index (χ1) is 18.3. The summed E-state index contributed by atoms with van der Waals surface area (Å²) in [7, 11) is 0. The largest absolute Gasteiger partial charge is 0.449 e. The molecule has 1 saturated heterocycles. The first kappa shape index (κ1) is 26.9. The number of benzene rings is 2. The molecule has 1 aromatic heterocycles. The molecule has 0 radical (unpaired) electrons. The number of nitrogens with zero attached hydrogens (tertiary/aromatic N) is 4. The summed E-state index contributed by atoms with van der Waals surface area (Å²) in [5.41, 5.74) is 4.09. The second kappa shape index (κ2) is 12.4. The van der Waals surface area contributed by atoms with E-state index in [2.05, 4.69) is 30.7 Å². The van der Waals surface area contributed by atoms with Crippen molar-refractivity contribution in [3.8, 4) is 0 Å². The molecule has 38 heavy (non-hydrogen) atoms. The van der Waals surface area contributed by atoms with Gasteiger partial charge in [0.1, 0.15) is 18.2 Å². The Bertz CT molecular complexity index is 1280. The average molecular weight is 529 g/mol. The summed E-state index contributed by atoms with van der Waals surface area (Å²) in [5.74, 6) is 1.56. The van der Waals surface area contributed by atoms with E-state index in [0.717, 1.165) is 23.3 Å². The average Bonchev–Trinajstić information content (AvgIpc) is 2.89. The summed E-state index contributed by atoms with van der Waals surface area (Å²) in [4.78, 5) is 23.2. The molecule has 0 bridgehead atoms. The Kier molecular flexibility index (Phi) is 8.74. The van der Waals surface area contributed by atoms with Crippen molar-refractivity contribution >= 4 is 29.6 Å². The van der Waals surface area contributed by atoms with Gasteiger partial charge in [0.2, 0.25) is 0 Å². The summed E-state index contributed by atoms with van der Waals surface area (Å²) in [6.07, 6.45) is -3.52. The number of rotatable bonds is 8. The van der Waals surface area contributed by atoms with Gasteiger partial charge in [-0.2, -0.15) is 18.3 Å². The maximum absolute atomic E-state index is 12.9. The lowest BCUT2D eigenvalue weighted by atomic mass is 10.2. The van der Waals surface area contributed by atoms with Gasteiger partial charge in [0.15, 0.2) is 5.82 Å². The van der Waals surface area contributed by atoms with Crippen molar-refractivity contribution in [3.63, 3.8) is 0 Å². The highest BCUT2D eigenvalue weighted by Gasteiger charge is 2.30. The number of hydrogen-bond acceptors (Lipinski definition) is 8. The van der Waals surface area contributed by atoms with Gasteiger partial charge in [0, 0.05) is 31.3 Å². The number of alkyl halides is 3. The highest BCUT2D eigenvalue weighted by Crippen LogP contribution is 2.30. The fraction of sp³-hybridized carbons (Fsp3) is 0.308. The molecule has 2 aromatic carbocycles. The van der Waals surface area contributed by atoms with Crippen LogP contribution in [0.2, 0.25) is 0 Å². The Morgan fingerprint density at radius 2 is 1.92 bits per heavy atom. The molecule has 0 spiro atoms. The second-order valence-electron chi connectivity index (χ2n) is 8.50. The van der Waals surface area contributed by atoms with Crippen LogP contribution in [-0.4, -0.2) is 55.2 Å². The van der Waals surface area contributed by atoms with Gasteiger partial charge < -0.3 is 14.4 Å². The summed E-state index contributed by atoms with van der Waals surface area (Å²) in [6.45, 7) is 4.40. The molecule has 1 fully saturated rings. The molecule has 2 N–H and O–H groups in total. The molecule has 9 nitrogen and oxygen atoms in total. The maximum atomic E-state index is 12.9. The molecule has 0 atom stereocenters. The van der Waals surface area contributed by atoms with Gasteiger partial charge in [-0.15, -0.1) is 0 Å². The smallest absolute Gasteiger partial charge is 0.416 e. The van der Waals surface area contributed by atoms with Crippen LogP contribution < -0.4 is 15.6 Å². The Labute approximate surface area is 217 Å². The fourth-order valence-electron chi connectivity index (χ4n) is 3.69. The van der Waals surface area contributed by atoms with Gasteiger partial charge in [0.25, 0.3) is 0 Å². The molecule has 3 aromatic rings. The quantitative estimate of drug-likeness (QED) is 0.318. The summed E-state index contributed by atoms with van der Waals surface area (Å²) >= 11 is 0. The molecule has 0 aliphatic carbocycles. The van der Waals surface area contributed by atoms with Crippen LogP contribution in [0.1, 0.15) is 22.5 Å². The van der Waals surface area contributed by atoms with Gasteiger partial charge in [-0.1, -0.05) is 35.9 Å². The zero-order valence-corrected chi connectivity index (χ0v) is 20.7. The molecule has 200 valence electrons. The Hall–Kier alpha value is -4.19. The number of carbonyl (C=O) groups is 1. The Morgan fingerprint density at radius 3 is 2.68 bits per heavy atom. The van der Waals surface area contributed by atoms with Gasteiger partial charge in [0.05, 0.1) is 25.0 Å². The highest BCUT2D eigenvalue weighted by atomic mass is 19.4. The number of nitrogens with one attached hydrogen (secondary N) is 2. The van der Waals surface area contributed by atoms with Crippen molar-refractivity contribution in [2.24, 2.45) is 5.10 Å². The Balaban J connectivity index is 1.39. The number of amides is 1. The third-order valence-electron chi connectivity index (χ3n) is 5.52. The van der Waals surface area contributed by atoms with Crippen molar-refractivity contribution in [2.45, 2.75) is 19.5 Å². The standard InChI is InChI=1S/C26H27F3N6O3/c1-18-4-2-5-19(14-18)17-30-34-23-16-24(35-9-12-37-13-10-35)33-22(32-23)8-11-38-25(36)31-21-7-3-6-20(15-21)26(27,28)29/h2-7,14-17H,8-13H2,1H3,(H,31,36)(H,32,33,34)/b30-17+. The number of aromatic nitrogens is 2. The number of morpholine rings is 1. The molecule has 1 aliphatic heterocycles. The van der Waals surface area contributed by atoms with Crippen molar-refractivity contribution < 1.29 is 27.4 Å². The lowest BCUT2D eigenvalue weighted by Crippen LogP contribution is -2.37. The zero-order valence-electron chi connectivity index (χ0n) is 20.7. The number of halogens is 3. The molecule has 12 heteroatoms. The van der Waals surface area contributed by atoms with Crippen LogP contribution in [0.5, 0.6) is 0 Å². The highest BCUT2D eigenvalue weighted by molar-refractivity contribution is 5.84. The number of anilines is 3. The Morgan fingerprint density at radius 1 is 1.13 bits per heavy atom. The van der Waals surface area contributed by atoms with E-state index in [1.807, 2.05) is 31.2 Å². The summed E-state index contributed by atoms with van der Waals surface area (Å²) in [5, 5.41) is 6.58. The van der Waals surface area contributed by atoms with Crippen molar-refractivity contribution in [1.29, 1.82) is 0 Å². The van der Waals surface area contributed by atoms with Gasteiger partial charge in [-0.05, 0) is 30.7 Å². The fourth-order valence-corrected chi connectivity index (χ4v) is 3.69. The maximum Gasteiger partial charge on any atom is 0.416 e. The van der Waals surface area contributed by atoms with Crippen molar-refractivity contribution in [2.75, 3.05) is 48.6 Å². The SMILES string of the molecule is Cc1cccc(/C=N/Nc2cc(N3CCOCC3)nc(CCOC(=O)Nc3cccc(C(F)(F)F)c3)n2)c1. The first-order valence-electron chi connectivity index (χ1n) is 11.9. The normalized spacial score (nSPS) is 13.9. The molecule has 0 saturated carbocycles. The van der Waals surface area contributed by atoms with Crippen LogP contribution in [0, 0.1) is 6.92 Å². The van der Waals surface area contributed by atoms with E-state index in [-0.39, 0.29) is 18.7 Å². The molecule has 2 heterocycles. The lowest BCUT2D eigenvalue weighted by Gasteiger charge is -2.28. The monoisotopic (exact) mass is 528 g/mol. The van der Waals surface area contributed by atoms with Crippen LogP contribution in [0.3, 0.4) is 0 Å². The van der Waals surface area contributed by atoms with Gasteiger partial charge >= 0.3 is 12.3 Å². The molecule has 0 unspecified atom stereocenters. The van der Waals surface area contributed by atoms with E-state index in [1.165, 1.54) is 12.1 Å². The summed E-state index contributed by atoms with van der Waals surface area (Å²) in [6, 6.07) is 14.0. The molecular weight excluding hydrogens is 501 g/mol. The molecular formula is C26H27F3N6O3. The molecule has 1 aliphatic rings. The summed E-state index contributed by atoms with van der Waals surface area (Å²) < 4.78 is 49.3. The number of hydrogen-bond donors (Lipinski definition) is 2. The third-order valence-corrected chi connectivity index (χ3v) is 5.52. The topological polar surface area (TPSA) is 101 Å². The third kappa shape index (κ3) is 7.90. The van der Waals surface area contributed by atoms with Gasteiger partial charge in [-0.25, -0.2) is 14.8 Å². The van der Waals surface area contributed by atoms with Crippen molar-refractivity contribution in [1.82, 2.24) is 9.97 Å². The van der Waals surface area contributed by atoms with E-state index in [9.17, 15) is 18.0 Å². The number of ether oxygens (including phenoxy) is 2. The molecule has 1 amide bonds. The van der Waals surface area contributed by atoms with Crippen LogP contribution in [0.15, 0.2) is 59.7 Å². The minimum absolute atomic E-state index is 0.0200. The van der Waals surface area contributed by atoms with E-state index in [0.29, 0.717) is 43.8 Å². The van der Waals surface area contributed by atoms with Crippen molar-refractivity contribution in [3.05, 3.63) is 77.1 Å². The van der Waals surface area contributed by atoms with Crippen LogP contribution >= 0.6 is 0 Å². The minimum Gasteiger partial charge on any atom is -0.449 e. The first-order valence-corrected chi connectivity index (χ1v) is 11.9. The predicted octanol–water partition coefficient (Wildman–Crippen LogP) is 4.88. The van der Waals surface area contributed by atoms with Crippen LogP contribution in [0.25, 0.3) is 0 Å². The van der Waals surface area contributed by atoms with Gasteiger partial charge in [-0.3, -0.25) is 10.7 Å². The predicted molar refractivity (Wildman–Crippen MR) is 138 cm³/mol. The van der Waals surface area contributed by atoms with E-state index < -0.39 is 17.8 Å². The lowest BCUT2D eigenvalue weighted by molar-refractivity contribution is -0.137. The molecule has 4 rings (SSSR count). The van der Waals surface area contributed by atoms with Crippen LogP contribution in [0.4, 0.5) is 35.3 Å². The van der Waals surface area contributed by atoms with Crippen LogP contribution in [-0.2, 0) is 22.1 Å². The second-order valence-corrected chi connectivity index (χ2v) is 8.50. The number of hydrazone groups is 1. The number of carbonyl (C=O) groups excluding carboxylic acids is 1. The minimum atomic E-state index is -4.51. The number of aryl methyl sites for hydroxylation is 1. The van der Waals surface area contributed by atoms with E-state index >= 15 is 0 Å². The van der Waals surface area contributed by atoms with E-state index in [1.54, 1.807) is 12.3 Å². The zero-order chi connectivity index (χ0) is 27.0.